The SMILES string of the molecule is O=C(COC(=O)CCNS(=O)(=O)c1cccs1)Nc1cccc(Cl)c1Cl. The summed E-state index contributed by atoms with van der Waals surface area (Å²) < 4.78 is 31.0. The Morgan fingerprint density at radius 2 is 1.92 bits per heavy atom. The first-order valence-electron chi connectivity index (χ1n) is 7.22. The third-order valence-corrected chi connectivity index (χ3v) is 6.65. The second-order valence-corrected chi connectivity index (χ2v) is 8.62. The van der Waals surface area contributed by atoms with E-state index in [9.17, 15) is 18.0 Å². The molecule has 140 valence electrons. The van der Waals surface area contributed by atoms with Crippen LogP contribution in [0.15, 0.2) is 39.9 Å². The lowest BCUT2D eigenvalue weighted by Gasteiger charge is -2.09. The fraction of sp³-hybridized carbons (Fsp3) is 0.200. The molecule has 2 rings (SSSR count). The summed E-state index contributed by atoms with van der Waals surface area (Å²) in [5.74, 6) is -1.31. The Hall–Kier alpha value is -1.65. The first-order chi connectivity index (χ1) is 12.3. The van der Waals surface area contributed by atoms with E-state index in [4.69, 9.17) is 27.9 Å². The fourth-order valence-electron chi connectivity index (χ4n) is 1.78. The summed E-state index contributed by atoms with van der Waals surface area (Å²) in [5.41, 5.74) is 0.295. The maximum atomic E-state index is 11.9. The van der Waals surface area contributed by atoms with Gasteiger partial charge in [-0.3, -0.25) is 9.59 Å². The number of ether oxygens (including phenoxy) is 1. The zero-order valence-electron chi connectivity index (χ0n) is 13.2. The topological polar surface area (TPSA) is 102 Å². The summed E-state index contributed by atoms with van der Waals surface area (Å²) in [4.78, 5) is 23.4. The molecule has 0 atom stereocenters. The maximum absolute atomic E-state index is 11.9. The second kappa shape index (κ2) is 9.33. The van der Waals surface area contributed by atoms with E-state index in [0.29, 0.717) is 5.69 Å². The highest BCUT2D eigenvalue weighted by Gasteiger charge is 2.16. The van der Waals surface area contributed by atoms with Gasteiger partial charge in [0, 0.05) is 6.54 Å². The van der Waals surface area contributed by atoms with Crippen LogP contribution in [0.2, 0.25) is 10.0 Å². The predicted octanol–water partition coefficient (Wildman–Crippen LogP) is 2.91. The standard InChI is InChI=1S/C15H14Cl2N2O5S2/c16-10-3-1-4-11(15(10)17)19-12(20)9-24-13(21)6-7-18-26(22,23)14-5-2-8-25-14/h1-5,8,18H,6-7,9H2,(H,19,20). The number of hydrogen-bond acceptors (Lipinski definition) is 6. The van der Waals surface area contributed by atoms with Crippen molar-refractivity contribution in [3.05, 3.63) is 45.8 Å². The molecule has 26 heavy (non-hydrogen) atoms. The van der Waals surface area contributed by atoms with Crippen molar-refractivity contribution in [1.82, 2.24) is 4.72 Å². The molecule has 0 aliphatic heterocycles. The zero-order valence-corrected chi connectivity index (χ0v) is 16.3. The van der Waals surface area contributed by atoms with Gasteiger partial charge in [0.1, 0.15) is 4.21 Å². The van der Waals surface area contributed by atoms with E-state index in [1.165, 1.54) is 6.07 Å². The number of carbonyl (C=O) groups excluding carboxylic acids is 2. The molecule has 0 aliphatic rings. The molecular formula is C15H14Cl2N2O5S2. The molecule has 1 amide bonds. The Kier molecular flexibility index (Phi) is 7.42. The van der Waals surface area contributed by atoms with Crippen molar-refractivity contribution in [3.8, 4) is 0 Å². The Labute approximate surface area is 164 Å². The average Bonchev–Trinajstić information content (AvgIpc) is 3.12. The van der Waals surface area contributed by atoms with Crippen LogP contribution in [0.4, 0.5) is 5.69 Å². The molecule has 1 heterocycles. The first kappa shape index (κ1) is 20.7. The Morgan fingerprint density at radius 1 is 1.15 bits per heavy atom. The molecule has 0 saturated heterocycles. The lowest BCUT2D eigenvalue weighted by molar-refractivity contribution is -0.147. The highest BCUT2D eigenvalue weighted by molar-refractivity contribution is 7.91. The van der Waals surface area contributed by atoms with Gasteiger partial charge in [0.2, 0.25) is 10.0 Å². The molecule has 0 aliphatic carbocycles. The number of sulfonamides is 1. The third kappa shape index (κ3) is 5.96. The van der Waals surface area contributed by atoms with Gasteiger partial charge in [-0.05, 0) is 23.6 Å². The third-order valence-electron chi connectivity index (χ3n) is 2.97. The Balaban J connectivity index is 1.73. The van der Waals surface area contributed by atoms with Crippen LogP contribution in [0.25, 0.3) is 0 Å². The van der Waals surface area contributed by atoms with E-state index >= 15 is 0 Å². The minimum atomic E-state index is -3.64. The van der Waals surface area contributed by atoms with Crippen LogP contribution < -0.4 is 10.0 Å². The van der Waals surface area contributed by atoms with E-state index in [2.05, 4.69) is 10.0 Å². The summed E-state index contributed by atoms with van der Waals surface area (Å²) in [5, 5.41) is 4.55. The van der Waals surface area contributed by atoms with E-state index in [-0.39, 0.29) is 27.2 Å². The van der Waals surface area contributed by atoms with Gasteiger partial charge in [0.15, 0.2) is 6.61 Å². The molecule has 11 heteroatoms. The smallest absolute Gasteiger partial charge is 0.307 e. The summed E-state index contributed by atoms with van der Waals surface area (Å²) in [6, 6.07) is 7.79. The number of esters is 1. The molecule has 2 N–H and O–H groups in total. The number of rotatable bonds is 8. The van der Waals surface area contributed by atoms with Gasteiger partial charge in [-0.2, -0.15) is 0 Å². The van der Waals surface area contributed by atoms with Crippen LogP contribution in [0, 0.1) is 0 Å². The van der Waals surface area contributed by atoms with E-state index < -0.39 is 28.5 Å². The highest BCUT2D eigenvalue weighted by atomic mass is 35.5. The minimum Gasteiger partial charge on any atom is -0.456 e. The van der Waals surface area contributed by atoms with Crippen LogP contribution in [-0.2, 0) is 24.3 Å². The fourth-order valence-corrected chi connectivity index (χ4v) is 4.20. The number of thiophene rings is 1. The number of carbonyl (C=O) groups is 2. The highest BCUT2D eigenvalue weighted by Crippen LogP contribution is 2.29. The minimum absolute atomic E-state index is 0.138. The van der Waals surface area contributed by atoms with Crippen molar-refractivity contribution >= 4 is 62.1 Å². The number of hydrogen-bond donors (Lipinski definition) is 2. The van der Waals surface area contributed by atoms with Crippen molar-refractivity contribution in [2.75, 3.05) is 18.5 Å². The molecule has 2 aromatic rings. The van der Waals surface area contributed by atoms with Crippen LogP contribution in [-0.4, -0.2) is 33.4 Å². The molecular weight excluding hydrogens is 423 g/mol. The first-order valence-corrected chi connectivity index (χ1v) is 10.3. The number of nitrogens with one attached hydrogen (secondary N) is 2. The number of anilines is 1. The van der Waals surface area contributed by atoms with Crippen molar-refractivity contribution in [2.24, 2.45) is 0 Å². The van der Waals surface area contributed by atoms with Gasteiger partial charge in [-0.1, -0.05) is 35.3 Å². The van der Waals surface area contributed by atoms with Crippen LogP contribution >= 0.6 is 34.5 Å². The molecule has 7 nitrogen and oxygen atoms in total. The quantitative estimate of drug-likeness (QED) is 0.619. The molecule has 0 unspecified atom stereocenters. The van der Waals surface area contributed by atoms with Crippen molar-refractivity contribution in [1.29, 1.82) is 0 Å². The summed E-state index contributed by atoms with van der Waals surface area (Å²) in [6.45, 7) is -0.667. The van der Waals surface area contributed by atoms with Gasteiger partial charge in [0.25, 0.3) is 5.91 Å². The zero-order chi connectivity index (χ0) is 19.2. The monoisotopic (exact) mass is 436 g/mol. The molecule has 1 aromatic heterocycles. The second-order valence-electron chi connectivity index (χ2n) is 4.89. The van der Waals surface area contributed by atoms with Crippen molar-refractivity contribution in [3.63, 3.8) is 0 Å². The normalized spacial score (nSPS) is 11.2. The van der Waals surface area contributed by atoms with Gasteiger partial charge >= 0.3 is 5.97 Å². The van der Waals surface area contributed by atoms with Gasteiger partial charge in [-0.15, -0.1) is 11.3 Å². The molecule has 1 aromatic carbocycles. The van der Waals surface area contributed by atoms with Crippen LogP contribution in [0.1, 0.15) is 6.42 Å². The van der Waals surface area contributed by atoms with Gasteiger partial charge in [0.05, 0.1) is 22.2 Å². The number of amides is 1. The molecule has 0 fully saturated rings. The molecule has 0 spiro atoms. The summed E-state index contributed by atoms with van der Waals surface area (Å²) in [7, 11) is -3.64. The van der Waals surface area contributed by atoms with E-state index in [0.717, 1.165) is 11.3 Å². The molecule has 0 bridgehead atoms. The van der Waals surface area contributed by atoms with Crippen molar-refractivity contribution in [2.45, 2.75) is 10.6 Å². The van der Waals surface area contributed by atoms with Crippen molar-refractivity contribution < 1.29 is 22.7 Å². The van der Waals surface area contributed by atoms with Crippen LogP contribution in [0.3, 0.4) is 0 Å². The summed E-state index contributed by atoms with van der Waals surface area (Å²) in [6.07, 6.45) is -0.212. The maximum Gasteiger partial charge on any atom is 0.307 e. The molecule has 0 radical (unpaired) electrons. The summed E-state index contributed by atoms with van der Waals surface area (Å²) >= 11 is 12.8. The van der Waals surface area contributed by atoms with E-state index in [1.54, 1.807) is 29.6 Å². The Bertz CT molecular complexity index is 885. The number of halogens is 2. The lowest BCUT2D eigenvalue weighted by Crippen LogP contribution is -2.27. The van der Waals surface area contributed by atoms with Gasteiger partial charge < -0.3 is 10.1 Å². The van der Waals surface area contributed by atoms with Gasteiger partial charge in [-0.25, -0.2) is 13.1 Å². The van der Waals surface area contributed by atoms with Crippen LogP contribution in [0.5, 0.6) is 0 Å². The molecule has 0 saturated carbocycles. The van der Waals surface area contributed by atoms with E-state index in [1.807, 2.05) is 0 Å². The predicted molar refractivity (Wildman–Crippen MR) is 100 cm³/mol. The Morgan fingerprint density at radius 3 is 2.62 bits per heavy atom. The lowest BCUT2D eigenvalue weighted by atomic mass is 10.3. The largest absolute Gasteiger partial charge is 0.456 e. The number of benzene rings is 1. The average molecular weight is 437 g/mol.